The first kappa shape index (κ1) is 28.9. The summed E-state index contributed by atoms with van der Waals surface area (Å²) in [5, 5.41) is 15.6. The van der Waals surface area contributed by atoms with Crippen molar-refractivity contribution in [2.45, 2.75) is 50.4 Å². The largest absolute Gasteiger partial charge is 0.445 e. The Morgan fingerprint density at radius 1 is 1.07 bits per heavy atom. The summed E-state index contributed by atoms with van der Waals surface area (Å²) >= 11 is 0. The van der Waals surface area contributed by atoms with Crippen molar-refractivity contribution >= 4 is 17.6 Å². The molecule has 0 aliphatic carbocycles. The number of imidazole rings is 1. The van der Waals surface area contributed by atoms with Gasteiger partial charge < -0.3 is 20.5 Å². The molecular weight excluding hydrogens is 550 g/mol. The number of piperidine rings is 1. The lowest BCUT2D eigenvalue weighted by Gasteiger charge is -2.38. The number of nitrogens with two attached hydrogens (primary N) is 1. The summed E-state index contributed by atoms with van der Waals surface area (Å²) < 4.78 is 34.9. The fraction of sp³-hybridized carbons (Fsp3) is 0.345. The Labute approximate surface area is 239 Å². The molecule has 0 spiro atoms. The summed E-state index contributed by atoms with van der Waals surface area (Å²) in [6, 6.07) is 15.3. The van der Waals surface area contributed by atoms with E-state index in [0.717, 1.165) is 11.1 Å². The average Bonchev–Trinajstić information content (AvgIpc) is 3.42. The van der Waals surface area contributed by atoms with Gasteiger partial charge in [0.2, 0.25) is 18.0 Å². The Hall–Kier alpha value is -4.65. The Morgan fingerprint density at radius 3 is 2.40 bits per heavy atom. The van der Waals surface area contributed by atoms with E-state index in [9.17, 15) is 28.3 Å². The third-order valence-electron chi connectivity index (χ3n) is 7.57. The van der Waals surface area contributed by atoms with Crippen molar-refractivity contribution in [2.75, 3.05) is 13.1 Å². The lowest BCUT2D eigenvalue weighted by molar-refractivity contribution is -0.137. The van der Waals surface area contributed by atoms with Crippen LogP contribution in [-0.2, 0) is 22.7 Å². The normalized spacial score (nSPS) is 15.6. The van der Waals surface area contributed by atoms with Crippen LogP contribution in [0.4, 0.5) is 13.6 Å². The minimum atomic E-state index is -2.68. The van der Waals surface area contributed by atoms with Gasteiger partial charge in [-0.1, -0.05) is 54.6 Å². The van der Waals surface area contributed by atoms with Crippen LogP contribution < -0.4 is 11.3 Å². The third-order valence-corrected chi connectivity index (χ3v) is 7.57. The van der Waals surface area contributed by atoms with Crippen LogP contribution in [-0.4, -0.2) is 66.3 Å². The molecule has 5 rings (SSSR count). The van der Waals surface area contributed by atoms with E-state index in [0.29, 0.717) is 11.3 Å². The van der Waals surface area contributed by atoms with E-state index >= 15 is 0 Å². The second kappa shape index (κ2) is 12.1. The Balaban J connectivity index is 1.24. The molecule has 3 N–H and O–H groups in total. The smallest absolute Gasteiger partial charge is 0.404 e. The highest BCUT2D eigenvalue weighted by molar-refractivity contribution is 5.77. The first-order valence-corrected chi connectivity index (χ1v) is 13.4. The van der Waals surface area contributed by atoms with Gasteiger partial charge in [0.1, 0.15) is 12.9 Å². The summed E-state index contributed by atoms with van der Waals surface area (Å²) in [5.74, 6) is -1.60. The van der Waals surface area contributed by atoms with Crippen LogP contribution in [0.3, 0.4) is 0 Å². The number of hydrogen-bond acceptors (Lipinski definition) is 7. The quantitative estimate of drug-likeness (QED) is 0.310. The van der Waals surface area contributed by atoms with Crippen LogP contribution >= 0.6 is 0 Å². The molecule has 220 valence electrons. The van der Waals surface area contributed by atoms with Crippen LogP contribution in [0.2, 0.25) is 0 Å². The molecule has 42 heavy (non-hydrogen) atoms. The van der Waals surface area contributed by atoms with Crippen molar-refractivity contribution in [1.29, 1.82) is 0 Å². The minimum absolute atomic E-state index is 0.0322. The molecule has 1 aliphatic rings. The van der Waals surface area contributed by atoms with Crippen molar-refractivity contribution in [3.8, 4) is 11.3 Å². The van der Waals surface area contributed by atoms with Gasteiger partial charge >= 0.3 is 6.09 Å². The number of hydrogen-bond donors (Lipinski definition) is 2. The summed E-state index contributed by atoms with van der Waals surface area (Å²) in [7, 11) is 0. The number of rotatable bonds is 9. The molecule has 0 bridgehead atoms. The standard InChI is InChI=1S/C29H30F2N6O5/c30-25(31)22(20-4-2-1-3-5-20)14-24(38)35-12-10-29(41,11-13-35)17-36-18-34-37-23(15-33-26(37)27(36)39)21-8-6-19(7-9-21)16-42-28(32)40/h1-9,15,18,22,25,41H,10-14,16-17H2,(H2,32,40). The molecule has 13 heteroatoms. The second-order valence-corrected chi connectivity index (χ2v) is 10.4. The number of aliphatic hydroxyl groups is 1. The first-order valence-electron chi connectivity index (χ1n) is 13.4. The Kier molecular flexibility index (Phi) is 8.29. The second-order valence-electron chi connectivity index (χ2n) is 10.4. The molecular formula is C29H30F2N6O5. The van der Waals surface area contributed by atoms with E-state index in [1.165, 1.54) is 26.5 Å². The molecule has 2 aromatic heterocycles. The number of ether oxygens (including phenoxy) is 1. The Morgan fingerprint density at radius 2 is 1.76 bits per heavy atom. The number of amides is 2. The molecule has 2 amide bonds. The van der Waals surface area contributed by atoms with Gasteiger partial charge in [0, 0.05) is 25.1 Å². The van der Waals surface area contributed by atoms with Crippen LogP contribution in [0, 0.1) is 0 Å². The molecule has 0 radical (unpaired) electrons. The maximum Gasteiger partial charge on any atom is 0.404 e. The predicted molar refractivity (Wildman–Crippen MR) is 148 cm³/mol. The van der Waals surface area contributed by atoms with E-state index in [4.69, 9.17) is 10.5 Å². The molecule has 1 fully saturated rings. The monoisotopic (exact) mass is 580 g/mol. The number of carbonyl (C=O) groups is 2. The van der Waals surface area contributed by atoms with Crippen LogP contribution in [0.15, 0.2) is 71.9 Å². The van der Waals surface area contributed by atoms with Crippen molar-refractivity contribution in [1.82, 2.24) is 24.1 Å². The number of nitrogens with zero attached hydrogens (tertiary/aromatic N) is 5. The zero-order chi connectivity index (χ0) is 29.9. The van der Waals surface area contributed by atoms with Gasteiger partial charge in [-0.2, -0.15) is 5.10 Å². The molecule has 3 heterocycles. The summed E-state index contributed by atoms with van der Waals surface area (Å²) in [5.41, 5.74) is 5.77. The fourth-order valence-corrected chi connectivity index (χ4v) is 5.16. The van der Waals surface area contributed by atoms with E-state index in [2.05, 4.69) is 10.1 Å². The zero-order valence-electron chi connectivity index (χ0n) is 22.6. The number of aromatic nitrogens is 4. The first-order chi connectivity index (χ1) is 20.1. The average molecular weight is 581 g/mol. The Bertz CT molecular complexity index is 1620. The number of primary amides is 1. The van der Waals surface area contributed by atoms with Gasteiger partial charge in [0.05, 0.1) is 30.0 Å². The lowest BCUT2D eigenvalue weighted by Crippen LogP contribution is -2.50. The van der Waals surface area contributed by atoms with Gasteiger partial charge in [-0.05, 0) is 24.0 Å². The van der Waals surface area contributed by atoms with Crippen molar-refractivity contribution in [2.24, 2.45) is 5.73 Å². The maximum atomic E-state index is 13.7. The maximum absolute atomic E-state index is 13.7. The van der Waals surface area contributed by atoms with Gasteiger partial charge in [-0.3, -0.25) is 14.2 Å². The molecule has 0 saturated carbocycles. The highest BCUT2D eigenvalue weighted by Gasteiger charge is 2.36. The minimum Gasteiger partial charge on any atom is -0.445 e. The number of fused-ring (bicyclic) bond motifs is 1. The molecule has 1 atom stereocenters. The van der Waals surface area contributed by atoms with E-state index < -0.39 is 35.5 Å². The molecule has 1 aliphatic heterocycles. The van der Waals surface area contributed by atoms with Gasteiger partial charge in [0.25, 0.3) is 5.56 Å². The number of likely N-dealkylation sites (tertiary alicyclic amines) is 1. The molecule has 1 saturated heterocycles. The zero-order valence-corrected chi connectivity index (χ0v) is 22.6. The van der Waals surface area contributed by atoms with Crippen LogP contribution in [0.5, 0.6) is 0 Å². The van der Waals surface area contributed by atoms with E-state index in [1.54, 1.807) is 54.6 Å². The van der Waals surface area contributed by atoms with Crippen LogP contribution in [0.1, 0.15) is 36.3 Å². The van der Waals surface area contributed by atoms with Crippen LogP contribution in [0.25, 0.3) is 16.9 Å². The third kappa shape index (κ3) is 6.30. The number of benzene rings is 2. The van der Waals surface area contributed by atoms with Crippen molar-refractivity contribution < 1.29 is 28.2 Å². The number of carbonyl (C=O) groups excluding carboxylic acids is 2. The predicted octanol–water partition coefficient (Wildman–Crippen LogP) is 2.95. The SMILES string of the molecule is NC(=O)OCc1ccc(-c2cnc3c(=O)n(CC4(O)CCN(C(=O)CC(c5ccccc5)C(F)F)CC4)cnn23)cc1. The summed E-state index contributed by atoms with van der Waals surface area (Å²) in [6.45, 7) is 0.333. The molecule has 11 nitrogen and oxygen atoms in total. The molecule has 4 aromatic rings. The van der Waals surface area contributed by atoms with Gasteiger partial charge in [0.15, 0.2) is 0 Å². The fourth-order valence-electron chi connectivity index (χ4n) is 5.16. The highest BCUT2D eigenvalue weighted by Crippen LogP contribution is 2.30. The number of halogens is 2. The van der Waals surface area contributed by atoms with E-state index in [1.807, 2.05) is 0 Å². The topological polar surface area (TPSA) is 145 Å². The summed E-state index contributed by atoms with van der Waals surface area (Å²) in [6.07, 6.45) is -0.683. The lowest BCUT2D eigenvalue weighted by atomic mass is 9.90. The van der Waals surface area contributed by atoms with Gasteiger partial charge in [-0.15, -0.1) is 0 Å². The molecule has 1 unspecified atom stereocenters. The number of alkyl halides is 2. The summed E-state index contributed by atoms with van der Waals surface area (Å²) in [4.78, 5) is 42.6. The molecule has 2 aromatic carbocycles. The van der Waals surface area contributed by atoms with Crippen molar-refractivity contribution in [3.63, 3.8) is 0 Å². The van der Waals surface area contributed by atoms with Crippen molar-refractivity contribution in [3.05, 3.63) is 88.6 Å². The highest BCUT2D eigenvalue weighted by atomic mass is 19.3. The van der Waals surface area contributed by atoms with E-state index in [-0.39, 0.29) is 51.2 Å². The van der Waals surface area contributed by atoms with Gasteiger partial charge in [-0.25, -0.2) is 23.1 Å².